The summed E-state index contributed by atoms with van der Waals surface area (Å²) >= 11 is 0. The highest BCUT2D eigenvalue weighted by Crippen LogP contribution is 2.20. The Kier molecular flexibility index (Phi) is 6.37. The molecule has 1 rings (SSSR count). The molecular weight excluding hydrogens is 222 g/mol. The maximum Gasteiger partial charge on any atom is 0.0518 e. The van der Waals surface area contributed by atoms with Gasteiger partial charge >= 0.3 is 0 Å². The van der Waals surface area contributed by atoms with Crippen LogP contribution >= 0.6 is 0 Å². The largest absolute Gasteiger partial charge is 0.379 e. The quantitative estimate of drug-likeness (QED) is 0.791. The van der Waals surface area contributed by atoms with Gasteiger partial charge in [0, 0.05) is 12.6 Å². The van der Waals surface area contributed by atoms with Crippen LogP contribution in [0.3, 0.4) is 0 Å². The highest BCUT2D eigenvalue weighted by molar-refractivity contribution is 5.26. The topological polar surface area (TPSA) is 21.3 Å². The minimum Gasteiger partial charge on any atom is -0.379 e. The van der Waals surface area contributed by atoms with E-state index in [9.17, 15) is 0 Å². The molecule has 0 aliphatic carbocycles. The molecule has 2 heteroatoms. The van der Waals surface area contributed by atoms with Gasteiger partial charge in [-0.2, -0.15) is 0 Å². The van der Waals surface area contributed by atoms with Crippen molar-refractivity contribution < 1.29 is 4.74 Å². The Balaban J connectivity index is 2.58. The molecule has 0 bridgehead atoms. The van der Waals surface area contributed by atoms with E-state index >= 15 is 0 Å². The smallest absolute Gasteiger partial charge is 0.0518 e. The zero-order valence-electron chi connectivity index (χ0n) is 12.4. The summed E-state index contributed by atoms with van der Waals surface area (Å²) < 4.78 is 5.62. The summed E-state index contributed by atoms with van der Waals surface area (Å²) in [5, 5.41) is 3.36. The number of ether oxygens (including phenoxy) is 1. The van der Waals surface area contributed by atoms with Gasteiger partial charge in [-0.15, -0.1) is 0 Å². The molecule has 1 atom stereocenters. The third kappa shape index (κ3) is 4.79. The maximum absolute atomic E-state index is 5.62. The Morgan fingerprint density at radius 3 is 2.00 bits per heavy atom. The molecule has 1 N–H and O–H groups in total. The van der Waals surface area contributed by atoms with E-state index in [4.69, 9.17) is 4.74 Å². The van der Waals surface area contributed by atoms with Gasteiger partial charge in [0.2, 0.25) is 0 Å². The molecular formula is C16H27NO. The molecule has 0 saturated carbocycles. The summed E-state index contributed by atoms with van der Waals surface area (Å²) in [6.45, 7) is 9.40. The SMILES string of the molecule is CNC(CCOC(C)C)c1ccc(C(C)C)cc1. The molecule has 0 spiro atoms. The lowest BCUT2D eigenvalue weighted by atomic mass is 9.98. The molecule has 0 saturated heterocycles. The van der Waals surface area contributed by atoms with Gasteiger partial charge in [-0.3, -0.25) is 0 Å². The second-order valence-electron chi connectivity index (χ2n) is 5.37. The van der Waals surface area contributed by atoms with Crippen LogP contribution in [0.2, 0.25) is 0 Å². The van der Waals surface area contributed by atoms with E-state index in [1.807, 2.05) is 7.05 Å². The minimum absolute atomic E-state index is 0.311. The highest BCUT2D eigenvalue weighted by atomic mass is 16.5. The van der Waals surface area contributed by atoms with E-state index in [1.165, 1.54) is 11.1 Å². The number of nitrogens with one attached hydrogen (secondary N) is 1. The van der Waals surface area contributed by atoms with Crippen molar-refractivity contribution >= 4 is 0 Å². The van der Waals surface area contributed by atoms with Gasteiger partial charge in [0.1, 0.15) is 0 Å². The average Bonchev–Trinajstić information content (AvgIpc) is 2.34. The van der Waals surface area contributed by atoms with Crippen molar-refractivity contribution in [3.63, 3.8) is 0 Å². The molecule has 0 fully saturated rings. The summed E-state index contributed by atoms with van der Waals surface area (Å²) in [6.07, 6.45) is 1.32. The van der Waals surface area contributed by atoms with Crippen molar-refractivity contribution in [1.82, 2.24) is 5.32 Å². The van der Waals surface area contributed by atoms with E-state index in [-0.39, 0.29) is 0 Å². The Morgan fingerprint density at radius 2 is 1.56 bits per heavy atom. The second kappa shape index (κ2) is 7.55. The van der Waals surface area contributed by atoms with E-state index in [0.29, 0.717) is 18.1 Å². The van der Waals surface area contributed by atoms with Gasteiger partial charge in [-0.25, -0.2) is 0 Å². The third-order valence-electron chi connectivity index (χ3n) is 3.21. The van der Waals surface area contributed by atoms with Crippen LogP contribution in [-0.4, -0.2) is 19.8 Å². The molecule has 0 aliphatic rings. The zero-order chi connectivity index (χ0) is 13.5. The lowest BCUT2D eigenvalue weighted by Gasteiger charge is -2.18. The van der Waals surface area contributed by atoms with Gasteiger partial charge in [0.15, 0.2) is 0 Å². The Bertz CT molecular complexity index is 329. The zero-order valence-corrected chi connectivity index (χ0v) is 12.4. The molecule has 1 unspecified atom stereocenters. The number of rotatable bonds is 7. The van der Waals surface area contributed by atoms with Crippen LogP contribution in [0.25, 0.3) is 0 Å². The van der Waals surface area contributed by atoms with E-state index in [0.717, 1.165) is 13.0 Å². The molecule has 1 aromatic rings. The third-order valence-corrected chi connectivity index (χ3v) is 3.21. The number of hydrogen-bond acceptors (Lipinski definition) is 2. The summed E-state index contributed by atoms with van der Waals surface area (Å²) in [4.78, 5) is 0. The van der Waals surface area contributed by atoms with Crippen molar-refractivity contribution in [3.05, 3.63) is 35.4 Å². The van der Waals surface area contributed by atoms with Crippen LogP contribution in [-0.2, 0) is 4.74 Å². The Labute approximate surface area is 112 Å². The van der Waals surface area contributed by atoms with E-state index in [2.05, 4.69) is 57.3 Å². The summed E-state index contributed by atoms with van der Waals surface area (Å²) in [5.41, 5.74) is 2.74. The van der Waals surface area contributed by atoms with Gasteiger partial charge in [-0.1, -0.05) is 38.1 Å². The summed E-state index contributed by atoms with van der Waals surface area (Å²) in [7, 11) is 2.01. The van der Waals surface area contributed by atoms with Crippen LogP contribution in [0.5, 0.6) is 0 Å². The van der Waals surface area contributed by atoms with Gasteiger partial charge in [0.05, 0.1) is 6.10 Å². The van der Waals surface area contributed by atoms with Crippen LogP contribution < -0.4 is 5.32 Å². The average molecular weight is 249 g/mol. The van der Waals surface area contributed by atoms with Crippen LogP contribution in [0.1, 0.15) is 57.2 Å². The van der Waals surface area contributed by atoms with Crippen LogP contribution in [0.15, 0.2) is 24.3 Å². The molecule has 0 aromatic heterocycles. The first-order valence-corrected chi connectivity index (χ1v) is 6.93. The monoisotopic (exact) mass is 249 g/mol. The Hall–Kier alpha value is -0.860. The van der Waals surface area contributed by atoms with Crippen LogP contribution in [0.4, 0.5) is 0 Å². The van der Waals surface area contributed by atoms with E-state index < -0.39 is 0 Å². The predicted octanol–water partition coefficient (Wildman–Crippen LogP) is 3.89. The van der Waals surface area contributed by atoms with Gasteiger partial charge < -0.3 is 10.1 Å². The lowest BCUT2D eigenvalue weighted by molar-refractivity contribution is 0.0719. The normalized spacial score (nSPS) is 13.3. The van der Waals surface area contributed by atoms with Crippen molar-refractivity contribution in [2.45, 2.75) is 52.2 Å². The summed E-state index contributed by atoms with van der Waals surface area (Å²) in [5.74, 6) is 0.594. The highest BCUT2D eigenvalue weighted by Gasteiger charge is 2.09. The molecule has 0 radical (unpaired) electrons. The minimum atomic E-state index is 0.311. The van der Waals surface area contributed by atoms with Crippen molar-refractivity contribution in [1.29, 1.82) is 0 Å². The maximum atomic E-state index is 5.62. The molecule has 102 valence electrons. The summed E-state index contributed by atoms with van der Waals surface area (Å²) in [6, 6.07) is 9.30. The van der Waals surface area contributed by atoms with Crippen molar-refractivity contribution in [2.75, 3.05) is 13.7 Å². The van der Waals surface area contributed by atoms with Gasteiger partial charge in [-0.05, 0) is 44.4 Å². The molecule has 1 aromatic carbocycles. The predicted molar refractivity (Wildman–Crippen MR) is 78.0 cm³/mol. The molecule has 0 amide bonds. The molecule has 2 nitrogen and oxygen atoms in total. The molecule has 0 aliphatic heterocycles. The van der Waals surface area contributed by atoms with Crippen molar-refractivity contribution in [2.24, 2.45) is 0 Å². The Morgan fingerprint density at radius 1 is 1.00 bits per heavy atom. The lowest BCUT2D eigenvalue weighted by Crippen LogP contribution is -2.19. The fourth-order valence-electron chi connectivity index (χ4n) is 2.01. The van der Waals surface area contributed by atoms with Crippen LogP contribution in [0, 0.1) is 0 Å². The number of benzene rings is 1. The first-order chi connectivity index (χ1) is 8.54. The molecule has 0 heterocycles. The first-order valence-electron chi connectivity index (χ1n) is 6.93. The van der Waals surface area contributed by atoms with E-state index in [1.54, 1.807) is 0 Å². The second-order valence-corrected chi connectivity index (χ2v) is 5.37. The van der Waals surface area contributed by atoms with Gasteiger partial charge in [0.25, 0.3) is 0 Å². The fraction of sp³-hybridized carbons (Fsp3) is 0.625. The first kappa shape index (κ1) is 15.2. The fourth-order valence-corrected chi connectivity index (χ4v) is 2.01. The molecule has 18 heavy (non-hydrogen) atoms. The standard InChI is InChI=1S/C16H27NO/c1-12(2)14-6-8-15(9-7-14)16(17-5)10-11-18-13(3)4/h6-9,12-13,16-17H,10-11H2,1-5H3. The van der Waals surface area contributed by atoms with Crippen molar-refractivity contribution in [3.8, 4) is 0 Å². The number of hydrogen-bond donors (Lipinski definition) is 1.